The van der Waals surface area contributed by atoms with Gasteiger partial charge in [-0.25, -0.2) is 4.98 Å². The number of carbonyl (C=O) groups excluding carboxylic acids is 1. The molecule has 7 heteroatoms. The van der Waals surface area contributed by atoms with Crippen LogP contribution in [0.5, 0.6) is 11.5 Å². The Morgan fingerprint density at radius 2 is 1.73 bits per heavy atom. The van der Waals surface area contributed by atoms with Gasteiger partial charge in [-0.3, -0.25) is 4.79 Å². The molecule has 2 heterocycles. The SMILES string of the molecule is COc1cccc(OC)c1C(=O)N1CCN(c2ccc(C#N)cn2)CC1. The molecular weight excluding hydrogens is 332 g/mol. The van der Waals surface area contributed by atoms with Crippen molar-refractivity contribution in [3.63, 3.8) is 0 Å². The number of pyridine rings is 1. The maximum Gasteiger partial charge on any atom is 0.261 e. The van der Waals surface area contributed by atoms with Gasteiger partial charge in [-0.2, -0.15) is 5.26 Å². The number of rotatable bonds is 4. The van der Waals surface area contributed by atoms with Gasteiger partial charge in [0.1, 0.15) is 28.9 Å². The van der Waals surface area contributed by atoms with Crippen molar-refractivity contribution in [3.05, 3.63) is 47.7 Å². The molecule has 3 rings (SSSR count). The van der Waals surface area contributed by atoms with Gasteiger partial charge in [-0.05, 0) is 24.3 Å². The molecule has 0 N–H and O–H groups in total. The maximum atomic E-state index is 13.0. The van der Waals surface area contributed by atoms with Crippen molar-refractivity contribution < 1.29 is 14.3 Å². The minimum Gasteiger partial charge on any atom is -0.496 e. The first-order chi connectivity index (χ1) is 12.7. The lowest BCUT2D eigenvalue weighted by Gasteiger charge is -2.35. The topological polar surface area (TPSA) is 78.7 Å². The molecule has 0 aliphatic carbocycles. The van der Waals surface area contributed by atoms with Crippen LogP contribution in [0, 0.1) is 11.3 Å². The molecule has 1 amide bonds. The highest BCUT2D eigenvalue weighted by Crippen LogP contribution is 2.30. The van der Waals surface area contributed by atoms with E-state index in [1.807, 2.05) is 6.07 Å². The van der Waals surface area contributed by atoms with Crippen molar-refractivity contribution >= 4 is 11.7 Å². The third kappa shape index (κ3) is 3.40. The van der Waals surface area contributed by atoms with E-state index < -0.39 is 0 Å². The summed E-state index contributed by atoms with van der Waals surface area (Å²) in [7, 11) is 3.08. The largest absolute Gasteiger partial charge is 0.496 e. The second-order valence-corrected chi connectivity index (χ2v) is 5.83. The van der Waals surface area contributed by atoms with Crippen molar-refractivity contribution in [2.45, 2.75) is 0 Å². The Morgan fingerprint density at radius 3 is 2.23 bits per heavy atom. The second-order valence-electron chi connectivity index (χ2n) is 5.83. The number of amides is 1. The molecular formula is C19H20N4O3. The van der Waals surface area contributed by atoms with Crippen LogP contribution in [0.4, 0.5) is 5.82 Å². The molecule has 0 atom stereocenters. The predicted octanol–water partition coefficient (Wildman–Crippen LogP) is 1.93. The standard InChI is InChI=1S/C19H20N4O3/c1-25-15-4-3-5-16(26-2)18(15)19(24)23-10-8-22(9-11-23)17-7-6-14(12-20)13-21-17/h3-7,13H,8-11H2,1-2H3. The molecule has 1 fully saturated rings. The molecule has 134 valence electrons. The molecule has 1 aromatic carbocycles. The van der Waals surface area contributed by atoms with Gasteiger partial charge in [-0.15, -0.1) is 0 Å². The molecule has 2 aromatic rings. The van der Waals surface area contributed by atoms with E-state index in [4.69, 9.17) is 14.7 Å². The minimum absolute atomic E-state index is 0.105. The summed E-state index contributed by atoms with van der Waals surface area (Å²) >= 11 is 0. The van der Waals surface area contributed by atoms with E-state index in [0.29, 0.717) is 48.8 Å². The maximum absolute atomic E-state index is 13.0. The lowest BCUT2D eigenvalue weighted by atomic mass is 10.1. The zero-order chi connectivity index (χ0) is 18.5. The smallest absolute Gasteiger partial charge is 0.261 e. The van der Waals surface area contributed by atoms with Gasteiger partial charge in [0.05, 0.1) is 19.8 Å². The molecule has 1 aromatic heterocycles. The summed E-state index contributed by atoms with van der Waals surface area (Å²) in [5.74, 6) is 1.72. The molecule has 1 aliphatic rings. The number of methoxy groups -OCH3 is 2. The summed E-state index contributed by atoms with van der Waals surface area (Å²) in [5.41, 5.74) is 0.980. The molecule has 0 spiro atoms. The zero-order valence-corrected chi connectivity index (χ0v) is 14.8. The average molecular weight is 352 g/mol. The fraction of sp³-hybridized carbons (Fsp3) is 0.316. The van der Waals surface area contributed by atoms with Crippen LogP contribution in [-0.4, -0.2) is 56.2 Å². The van der Waals surface area contributed by atoms with E-state index in [0.717, 1.165) is 5.82 Å². The van der Waals surface area contributed by atoms with E-state index in [1.165, 1.54) is 0 Å². The van der Waals surface area contributed by atoms with Gasteiger partial charge in [-0.1, -0.05) is 6.07 Å². The molecule has 7 nitrogen and oxygen atoms in total. The van der Waals surface area contributed by atoms with E-state index in [1.54, 1.807) is 49.6 Å². The van der Waals surface area contributed by atoms with E-state index in [2.05, 4.69) is 16.0 Å². The average Bonchev–Trinajstić information content (AvgIpc) is 2.72. The quantitative estimate of drug-likeness (QED) is 0.837. The minimum atomic E-state index is -0.105. The monoisotopic (exact) mass is 352 g/mol. The highest BCUT2D eigenvalue weighted by Gasteiger charge is 2.27. The Morgan fingerprint density at radius 1 is 1.08 bits per heavy atom. The van der Waals surface area contributed by atoms with Crippen molar-refractivity contribution in [3.8, 4) is 17.6 Å². The van der Waals surface area contributed by atoms with Crippen LogP contribution in [0.15, 0.2) is 36.5 Å². The van der Waals surface area contributed by atoms with Crippen LogP contribution in [0.1, 0.15) is 15.9 Å². The summed E-state index contributed by atoms with van der Waals surface area (Å²) in [4.78, 5) is 21.2. The Labute approximate surface area is 152 Å². The molecule has 0 unspecified atom stereocenters. The number of nitrogens with zero attached hydrogens (tertiary/aromatic N) is 4. The van der Waals surface area contributed by atoms with Crippen molar-refractivity contribution in [1.82, 2.24) is 9.88 Å². The van der Waals surface area contributed by atoms with E-state index >= 15 is 0 Å². The van der Waals surface area contributed by atoms with Gasteiger partial charge in [0, 0.05) is 32.4 Å². The van der Waals surface area contributed by atoms with Gasteiger partial charge < -0.3 is 19.3 Å². The van der Waals surface area contributed by atoms with E-state index in [9.17, 15) is 4.79 Å². The number of benzene rings is 1. The number of hydrogen-bond acceptors (Lipinski definition) is 6. The van der Waals surface area contributed by atoms with Crippen molar-refractivity contribution in [2.75, 3.05) is 45.3 Å². The molecule has 0 saturated carbocycles. The third-order valence-corrected chi connectivity index (χ3v) is 4.41. The zero-order valence-electron chi connectivity index (χ0n) is 14.8. The summed E-state index contributed by atoms with van der Waals surface area (Å²) in [5, 5.41) is 8.86. The molecule has 26 heavy (non-hydrogen) atoms. The van der Waals surface area contributed by atoms with Crippen LogP contribution in [-0.2, 0) is 0 Å². The first kappa shape index (κ1) is 17.5. The number of anilines is 1. The number of aromatic nitrogens is 1. The summed E-state index contributed by atoms with van der Waals surface area (Å²) in [6.45, 7) is 2.48. The highest BCUT2D eigenvalue weighted by molar-refractivity contribution is 5.99. The Kier molecular flexibility index (Phi) is 5.23. The van der Waals surface area contributed by atoms with E-state index in [-0.39, 0.29) is 5.91 Å². The fourth-order valence-electron chi connectivity index (χ4n) is 3.00. The van der Waals surface area contributed by atoms with Crippen LogP contribution in [0.2, 0.25) is 0 Å². The van der Waals surface area contributed by atoms with Gasteiger partial charge in [0.15, 0.2) is 0 Å². The molecule has 1 saturated heterocycles. The van der Waals surface area contributed by atoms with Crippen LogP contribution < -0.4 is 14.4 Å². The van der Waals surface area contributed by atoms with Gasteiger partial charge >= 0.3 is 0 Å². The predicted molar refractivity (Wildman–Crippen MR) is 96.6 cm³/mol. The number of nitriles is 1. The summed E-state index contributed by atoms with van der Waals surface area (Å²) < 4.78 is 10.7. The van der Waals surface area contributed by atoms with Gasteiger partial charge in [0.25, 0.3) is 5.91 Å². The second kappa shape index (κ2) is 7.74. The Bertz CT molecular complexity index is 799. The van der Waals surface area contributed by atoms with Crippen LogP contribution >= 0.6 is 0 Å². The first-order valence-electron chi connectivity index (χ1n) is 8.29. The third-order valence-electron chi connectivity index (χ3n) is 4.41. The van der Waals surface area contributed by atoms with Crippen molar-refractivity contribution in [1.29, 1.82) is 5.26 Å². The number of carbonyl (C=O) groups is 1. The molecule has 0 radical (unpaired) electrons. The Balaban J connectivity index is 1.72. The van der Waals surface area contributed by atoms with Crippen LogP contribution in [0.3, 0.4) is 0 Å². The lowest BCUT2D eigenvalue weighted by molar-refractivity contribution is 0.0739. The fourth-order valence-corrected chi connectivity index (χ4v) is 3.00. The summed E-state index contributed by atoms with van der Waals surface area (Å²) in [6.07, 6.45) is 1.56. The van der Waals surface area contributed by atoms with Gasteiger partial charge in [0.2, 0.25) is 0 Å². The first-order valence-corrected chi connectivity index (χ1v) is 8.29. The number of hydrogen-bond donors (Lipinski definition) is 0. The highest BCUT2D eigenvalue weighted by atomic mass is 16.5. The van der Waals surface area contributed by atoms with Crippen LogP contribution in [0.25, 0.3) is 0 Å². The summed E-state index contributed by atoms with van der Waals surface area (Å²) in [6, 6.07) is 11.0. The van der Waals surface area contributed by atoms with Crippen molar-refractivity contribution in [2.24, 2.45) is 0 Å². The Hall–Kier alpha value is -3.27. The molecule has 1 aliphatic heterocycles. The molecule has 0 bridgehead atoms. The number of ether oxygens (including phenoxy) is 2. The normalized spacial score (nSPS) is 13.9. The lowest BCUT2D eigenvalue weighted by Crippen LogP contribution is -2.49. The number of piperazine rings is 1.